The first-order valence-corrected chi connectivity index (χ1v) is 7.46. The van der Waals surface area contributed by atoms with E-state index in [9.17, 15) is 9.59 Å². The minimum absolute atomic E-state index is 0.103. The quantitative estimate of drug-likeness (QED) is 0.643. The molecule has 5 nitrogen and oxygen atoms in total. The van der Waals surface area contributed by atoms with Gasteiger partial charge in [0, 0.05) is 5.38 Å². The van der Waals surface area contributed by atoms with E-state index in [1.807, 2.05) is 0 Å². The predicted octanol–water partition coefficient (Wildman–Crippen LogP) is 2.59. The molecular weight excluding hydrogens is 286 g/mol. The summed E-state index contributed by atoms with van der Waals surface area (Å²) in [6, 6.07) is 0. The lowest BCUT2D eigenvalue weighted by Crippen LogP contribution is -2.31. The molecule has 106 valence electrons. The van der Waals surface area contributed by atoms with E-state index in [0.29, 0.717) is 10.0 Å². The Morgan fingerprint density at radius 1 is 1.53 bits per heavy atom. The van der Waals surface area contributed by atoms with Gasteiger partial charge in [0.05, 0.1) is 18.2 Å². The third-order valence-corrected chi connectivity index (χ3v) is 4.20. The molecule has 1 N–H and O–H groups in total. The molecule has 1 aromatic heterocycles. The average Bonchev–Trinajstić information content (AvgIpc) is 2.62. The SMILES string of the molecule is CC(C)OC(=O)C(C)(C)Sc1nc(CC(=O)O)cs1. The zero-order valence-corrected chi connectivity index (χ0v) is 12.9. The molecule has 0 saturated heterocycles. The van der Waals surface area contributed by atoms with Gasteiger partial charge in [0.1, 0.15) is 4.75 Å². The van der Waals surface area contributed by atoms with E-state index in [-0.39, 0.29) is 18.5 Å². The summed E-state index contributed by atoms with van der Waals surface area (Å²) in [6.45, 7) is 7.13. The van der Waals surface area contributed by atoms with E-state index in [0.717, 1.165) is 0 Å². The topological polar surface area (TPSA) is 76.5 Å². The van der Waals surface area contributed by atoms with Crippen molar-refractivity contribution in [2.45, 2.75) is 49.3 Å². The molecule has 0 fully saturated rings. The van der Waals surface area contributed by atoms with Crippen molar-refractivity contribution < 1.29 is 19.4 Å². The molecule has 0 aliphatic carbocycles. The highest BCUT2D eigenvalue weighted by Gasteiger charge is 2.32. The van der Waals surface area contributed by atoms with Crippen molar-refractivity contribution in [1.82, 2.24) is 4.98 Å². The maximum atomic E-state index is 11.9. The van der Waals surface area contributed by atoms with E-state index in [4.69, 9.17) is 9.84 Å². The van der Waals surface area contributed by atoms with E-state index in [1.165, 1.54) is 23.1 Å². The fourth-order valence-corrected chi connectivity index (χ4v) is 3.42. The first-order chi connectivity index (χ1) is 8.70. The third kappa shape index (κ3) is 5.20. The third-order valence-electron chi connectivity index (χ3n) is 2.04. The van der Waals surface area contributed by atoms with Crippen LogP contribution in [0.1, 0.15) is 33.4 Å². The summed E-state index contributed by atoms with van der Waals surface area (Å²) in [4.78, 5) is 26.7. The number of nitrogens with zero attached hydrogens (tertiary/aromatic N) is 1. The lowest BCUT2D eigenvalue weighted by molar-refractivity contribution is -0.149. The number of hydrogen-bond acceptors (Lipinski definition) is 6. The molecule has 1 heterocycles. The second kappa shape index (κ2) is 6.38. The predicted molar refractivity (Wildman–Crippen MR) is 74.6 cm³/mol. The number of hydrogen-bond donors (Lipinski definition) is 1. The van der Waals surface area contributed by atoms with E-state index >= 15 is 0 Å². The Bertz CT molecular complexity index is 468. The maximum absolute atomic E-state index is 11.9. The first-order valence-electron chi connectivity index (χ1n) is 5.77. The standard InChI is InChI=1S/C12H17NO4S2/c1-7(2)17-10(16)12(3,4)19-11-13-8(6-18-11)5-9(14)15/h6-7H,5H2,1-4H3,(H,14,15). The van der Waals surface area contributed by atoms with Crippen LogP contribution in [-0.4, -0.2) is 32.9 Å². The number of thioether (sulfide) groups is 1. The average molecular weight is 303 g/mol. The van der Waals surface area contributed by atoms with Gasteiger partial charge in [-0.2, -0.15) is 0 Å². The second-order valence-electron chi connectivity index (χ2n) is 4.74. The van der Waals surface area contributed by atoms with Gasteiger partial charge in [-0.05, 0) is 27.7 Å². The highest BCUT2D eigenvalue weighted by Crippen LogP contribution is 2.35. The highest BCUT2D eigenvalue weighted by molar-refractivity contribution is 8.03. The fraction of sp³-hybridized carbons (Fsp3) is 0.583. The molecule has 1 aromatic rings. The monoisotopic (exact) mass is 303 g/mol. The molecule has 0 saturated carbocycles. The number of carboxylic acid groups (broad SMARTS) is 1. The van der Waals surface area contributed by atoms with Crippen molar-refractivity contribution in [3.8, 4) is 0 Å². The normalized spacial score (nSPS) is 11.6. The summed E-state index contributed by atoms with van der Waals surface area (Å²) >= 11 is 2.62. The number of carbonyl (C=O) groups excluding carboxylic acids is 1. The molecule has 0 radical (unpaired) electrons. The summed E-state index contributed by atoms with van der Waals surface area (Å²) in [5.74, 6) is -1.22. The number of aliphatic carboxylic acids is 1. The Kier molecular flexibility index (Phi) is 5.37. The van der Waals surface area contributed by atoms with E-state index in [1.54, 1.807) is 33.1 Å². The minimum atomic E-state index is -0.916. The molecule has 0 aromatic carbocycles. The second-order valence-corrected chi connectivity index (χ2v) is 7.47. The van der Waals surface area contributed by atoms with Crippen molar-refractivity contribution in [3.63, 3.8) is 0 Å². The minimum Gasteiger partial charge on any atom is -0.481 e. The fourth-order valence-electron chi connectivity index (χ4n) is 1.19. The Morgan fingerprint density at radius 2 is 2.16 bits per heavy atom. The van der Waals surface area contributed by atoms with Crippen LogP contribution in [0.5, 0.6) is 0 Å². The van der Waals surface area contributed by atoms with Crippen molar-refractivity contribution in [1.29, 1.82) is 0 Å². The largest absolute Gasteiger partial charge is 0.481 e. The molecule has 0 unspecified atom stereocenters. The smallest absolute Gasteiger partial charge is 0.322 e. The van der Waals surface area contributed by atoms with Gasteiger partial charge in [-0.3, -0.25) is 9.59 Å². The Hall–Kier alpha value is -1.08. The molecule has 0 amide bonds. The van der Waals surface area contributed by atoms with Gasteiger partial charge in [-0.25, -0.2) is 4.98 Å². The van der Waals surface area contributed by atoms with Gasteiger partial charge in [-0.15, -0.1) is 11.3 Å². The number of esters is 1. The van der Waals surface area contributed by atoms with Crippen LogP contribution in [0.3, 0.4) is 0 Å². The van der Waals surface area contributed by atoms with Crippen LogP contribution in [0.4, 0.5) is 0 Å². The van der Waals surface area contributed by atoms with Gasteiger partial charge in [-0.1, -0.05) is 11.8 Å². The molecule has 19 heavy (non-hydrogen) atoms. The molecule has 0 atom stereocenters. The van der Waals surface area contributed by atoms with Crippen molar-refractivity contribution in [2.24, 2.45) is 0 Å². The molecule has 0 spiro atoms. The van der Waals surface area contributed by atoms with Crippen molar-refractivity contribution >= 4 is 35.0 Å². The highest BCUT2D eigenvalue weighted by atomic mass is 32.2. The number of ether oxygens (including phenoxy) is 1. The van der Waals surface area contributed by atoms with Crippen molar-refractivity contribution in [2.75, 3.05) is 0 Å². The number of carbonyl (C=O) groups is 2. The first kappa shape index (κ1) is 16.0. The Balaban J connectivity index is 2.69. The van der Waals surface area contributed by atoms with Crippen molar-refractivity contribution in [3.05, 3.63) is 11.1 Å². The van der Waals surface area contributed by atoms with Crippen LogP contribution in [0.25, 0.3) is 0 Å². The summed E-state index contributed by atoms with van der Waals surface area (Å²) in [7, 11) is 0. The number of thiazole rings is 1. The summed E-state index contributed by atoms with van der Waals surface area (Å²) in [5.41, 5.74) is 0.507. The number of rotatable bonds is 6. The zero-order valence-electron chi connectivity index (χ0n) is 11.3. The lowest BCUT2D eigenvalue weighted by atomic mass is 10.2. The molecule has 7 heteroatoms. The maximum Gasteiger partial charge on any atom is 0.322 e. The van der Waals surface area contributed by atoms with Crippen LogP contribution in [-0.2, 0) is 20.7 Å². The van der Waals surface area contributed by atoms with Gasteiger partial charge in [0.2, 0.25) is 0 Å². The molecule has 0 aliphatic rings. The Morgan fingerprint density at radius 3 is 2.68 bits per heavy atom. The molecule has 0 aliphatic heterocycles. The van der Waals surface area contributed by atoms with Crippen LogP contribution < -0.4 is 0 Å². The van der Waals surface area contributed by atoms with Gasteiger partial charge < -0.3 is 9.84 Å². The lowest BCUT2D eigenvalue weighted by Gasteiger charge is -2.22. The number of carboxylic acids is 1. The summed E-state index contributed by atoms with van der Waals surface area (Å²) in [5, 5.41) is 10.4. The van der Waals surface area contributed by atoms with E-state index in [2.05, 4.69) is 4.98 Å². The van der Waals surface area contributed by atoms with Crippen LogP contribution in [0, 0.1) is 0 Å². The molecule has 0 bridgehead atoms. The molecule has 1 rings (SSSR count). The summed E-state index contributed by atoms with van der Waals surface area (Å²) in [6.07, 6.45) is -0.264. The summed E-state index contributed by atoms with van der Waals surface area (Å²) < 4.78 is 5.10. The zero-order chi connectivity index (χ0) is 14.6. The molecular formula is C12H17NO4S2. The van der Waals surface area contributed by atoms with Crippen LogP contribution in [0.2, 0.25) is 0 Å². The van der Waals surface area contributed by atoms with Gasteiger partial charge in [0.25, 0.3) is 0 Å². The van der Waals surface area contributed by atoms with Gasteiger partial charge in [0.15, 0.2) is 4.34 Å². The number of aromatic nitrogens is 1. The van der Waals surface area contributed by atoms with Crippen LogP contribution >= 0.6 is 23.1 Å². The van der Waals surface area contributed by atoms with Crippen LogP contribution in [0.15, 0.2) is 9.72 Å². The van der Waals surface area contributed by atoms with E-state index < -0.39 is 10.7 Å². The Labute approximate surface area is 120 Å². The van der Waals surface area contributed by atoms with Gasteiger partial charge >= 0.3 is 11.9 Å².